The predicted molar refractivity (Wildman–Crippen MR) is 77.9 cm³/mol. The fourth-order valence-corrected chi connectivity index (χ4v) is 2.15. The molecule has 0 saturated carbocycles. The number of para-hydroxylation sites is 1. The van der Waals surface area contributed by atoms with E-state index in [1.54, 1.807) is 6.07 Å². The highest BCUT2D eigenvalue weighted by molar-refractivity contribution is 5.76. The SMILES string of the molecule is O=C(O)C(CCCOc1ccccc1)c1cccc(F)c1. The molecule has 0 aliphatic rings. The van der Waals surface area contributed by atoms with E-state index in [4.69, 9.17) is 4.74 Å². The van der Waals surface area contributed by atoms with Crippen LogP contribution in [0.4, 0.5) is 4.39 Å². The van der Waals surface area contributed by atoms with Gasteiger partial charge in [-0.25, -0.2) is 4.39 Å². The van der Waals surface area contributed by atoms with Crippen molar-refractivity contribution in [3.8, 4) is 5.75 Å². The maximum Gasteiger partial charge on any atom is 0.310 e. The Hall–Kier alpha value is -2.36. The van der Waals surface area contributed by atoms with Gasteiger partial charge < -0.3 is 9.84 Å². The van der Waals surface area contributed by atoms with Crippen LogP contribution >= 0.6 is 0 Å². The number of carboxylic acids is 1. The van der Waals surface area contributed by atoms with Crippen LogP contribution < -0.4 is 4.74 Å². The number of halogens is 1. The first-order valence-corrected chi connectivity index (χ1v) is 6.83. The van der Waals surface area contributed by atoms with Crippen molar-refractivity contribution < 1.29 is 19.0 Å². The van der Waals surface area contributed by atoms with Crippen LogP contribution in [0.25, 0.3) is 0 Å². The lowest BCUT2D eigenvalue weighted by atomic mass is 9.94. The molecular weight excluding hydrogens is 271 g/mol. The zero-order chi connectivity index (χ0) is 15.1. The second-order valence-electron chi connectivity index (χ2n) is 4.75. The molecule has 2 aromatic rings. The van der Waals surface area contributed by atoms with Gasteiger partial charge in [0.15, 0.2) is 0 Å². The maximum atomic E-state index is 13.2. The number of benzene rings is 2. The Morgan fingerprint density at radius 2 is 1.90 bits per heavy atom. The summed E-state index contributed by atoms with van der Waals surface area (Å²) in [6.45, 7) is 0.434. The summed E-state index contributed by atoms with van der Waals surface area (Å²) in [5.74, 6) is -1.31. The molecule has 0 spiro atoms. The van der Waals surface area contributed by atoms with Gasteiger partial charge in [-0.2, -0.15) is 0 Å². The third-order valence-corrected chi connectivity index (χ3v) is 3.20. The largest absolute Gasteiger partial charge is 0.494 e. The van der Waals surface area contributed by atoms with Crippen LogP contribution in [-0.2, 0) is 4.79 Å². The van der Waals surface area contributed by atoms with Crippen LogP contribution in [0.5, 0.6) is 5.75 Å². The van der Waals surface area contributed by atoms with E-state index in [2.05, 4.69) is 0 Å². The van der Waals surface area contributed by atoms with Crippen LogP contribution in [-0.4, -0.2) is 17.7 Å². The van der Waals surface area contributed by atoms with Crippen molar-refractivity contribution in [3.63, 3.8) is 0 Å². The Morgan fingerprint density at radius 3 is 2.57 bits per heavy atom. The quantitative estimate of drug-likeness (QED) is 0.787. The summed E-state index contributed by atoms with van der Waals surface area (Å²) in [5, 5.41) is 9.27. The summed E-state index contributed by atoms with van der Waals surface area (Å²) in [7, 11) is 0. The van der Waals surface area contributed by atoms with Gasteiger partial charge in [0, 0.05) is 0 Å². The van der Waals surface area contributed by atoms with E-state index in [-0.39, 0.29) is 0 Å². The molecule has 0 aliphatic heterocycles. The molecule has 1 unspecified atom stereocenters. The summed E-state index contributed by atoms with van der Waals surface area (Å²) >= 11 is 0. The van der Waals surface area contributed by atoms with E-state index < -0.39 is 17.7 Å². The topological polar surface area (TPSA) is 46.5 Å². The lowest BCUT2D eigenvalue weighted by molar-refractivity contribution is -0.139. The lowest BCUT2D eigenvalue weighted by Crippen LogP contribution is -2.13. The molecular formula is C17H17FO3. The Balaban J connectivity index is 1.88. The smallest absolute Gasteiger partial charge is 0.310 e. The second kappa shape index (κ2) is 7.43. The van der Waals surface area contributed by atoms with Gasteiger partial charge in [-0.15, -0.1) is 0 Å². The van der Waals surface area contributed by atoms with E-state index in [9.17, 15) is 14.3 Å². The minimum absolute atomic E-state index is 0.408. The number of hydrogen-bond donors (Lipinski definition) is 1. The summed E-state index contributed by atoms with van der Waals surface area (Å²) in [6, 6.07) is 15.1. The third kappa shape index (κ3) is 4.60. The van der Waals surface area contributed by atoms with E-state index in [0.29, 0.717) is 25.0 Å². The number of carbonyl (C=O) groups is 1. The van der Waals surface area contributed by atoms with Crippen LogP contribution in [0.3, 0.4) is 0 Å². The molecule has 0 saturated heterocycles. The minimum Gasteiger partial charge on any atom is -0.494 e. The number of hydrogen-bond acceptors (Lipinski definition) is 2. The van der Waals surface area contributed by atoms with Gasteiger partial charge >= 0.3 is 5.97 Å². The molecule has 0 aliphatic carbocycles. The Kier molecular flexibility index (Phi) is 5.32. The van der Waals surface area contributed by atoms with Crippen molar-refractivity contribution in [2.75, 3.05) is 6.61 Å². The molecule has 0 aromatic heterocycles. The van der Waals surface area contributed by atoms with Crippen molar-refractivity contribution in [3.05, 3.63) is 66.0 Å². The van der Waals surface area contributed by atoms with Gasteiger partial charge in [-0.05, 0) is 42.7 Å². The molecule has 1 atom stereocenters. The van der Waals surface area contributed by atoms with Crippen molar-refractivity contribution in [2.45, 2.75) is 18.8 Å². The number of ether oxygens (including phenoxy) is 1. The van der Waals surface area contributed by atoms with E-state index >= 15 is 0 Å². The molecule has 0 amide bonds. The molecule has 1 N–H and O–H groups in total. The van der Waals surface area contributed by atoms with Crippen LogP contribution in [0, 0.1) is 5.82 Å². The van der Waals surface area contributed by atoms with Gasteiger partial charge in [-0.3, -0.25) is 4.79 Å². The molecule has 0 radical (unpaired) electrons. The first-order chi connectivity index (χ1) is 10.2. The number of carboxylic acid groups (broad SMARTS) is 1. The van der Waals surface area contributed by atoms with E-state index in [1.165, 1.54) is 18.2 Å². The van der Waals surface area contributed by atoms with Gasteiger partial charge in [0.25, 0.3) is 0 Å². The summed E-state index contributed by atoms with van der Waals surface area (Å²) in [4.78, 5) is 11.3. The van der Waals surface area contributed by atoms with Crippen LogP contribution in [0.1, 0.15) is 24.3 Å². The van der Waals surface area contributed by atoms with Gasteiger partial charge in [0.05, 0.1) is 12.5 Å². The Bertz CT molecular complexity index is 584. The lowest BCUT2D eigenvalue weighted by Gasteiger charge is -2.13. The Morgan fingerprint density at radius 1 is 1.14 bits per heavy atom. The van der Waals surface area contributed by atoms with Gasteiger partial charge in [0.1, 0.15) is 11.6 Å². The highest BCUT2D eigenvalue weighted by Gasteiger charge is 2.19. The number of rotatable bonds is 7. The highest BCUT2D eigenvalue weighted by Crippen LogP contribution is 2.22. The van der Waals surface area contributed by atoms with Gasteiger partial charge in [0.2, 0.25) is 0 Å². The van der Waals surface area contributed by atoms with Crippen molar-refractivity contribution in [1.82, 2.24) is 0 Å². The Labute approximate surface area is 123 Å². The monoisotopic (exact) mass is 288 g/mol. The molecule has 2 aromatic carbocycles. The maximum absolute atomic E-state index is 13.2. The average Bonchev–Trinajstić information content (AvgIpc) is 2.48. The third-order valence-electron chi connectivity index (χ3n) is 3.20. The molecule has 0 fully saturated rings. The van der Waals surface area contributed by atoms with Crippen molar-refractivity contribution >= 4 is 5.97 Å². The average molecular weight is 288 g/mol. The zero-order valence-electron chi connectivity index (χ0n) is 11.5. The molecule has 0 bridgehead atoms. The van der Waals surface area contributed by atoms with Gasteiger partial charge in [-0.1, -0.05) is 30.3 Å². The van der Waals surface area contributed by atoms with Crippen molar-refractivity contribution in [2.24, 2.45) is 0 Å². The predicted octanol–water partition coefficient (Wildman–Crippen LogP) is 3.85. The molecule has 2 rings (SSSR count). The summed E-state index contributed by atoms with van der Waals surface area (Å²) in [6.07, 6.45) is 0.994. The van der Waals surface area contributed by atoms with Crippen molar-refractivity contribution in [1.29, 1.82) is 0 Å². The second-order valence-corrected chi connectivity index (χ2v) is 4.75. The van der Waals surface area contributed by atoms with Crippen LogP contribution in [0.15, 0.2) is 54.6 Å². The molecule has 4 heteroatoms. The first kappa shape index (κ1) is 15.0. The first-order valence-electron chi connectivity index (χ1n) is 6.83. The fourth-order valence-electron chi connectivity index (χ4n) is 2.15. The molecule has 110 valence electrons. The van der Waals surface area contributed by atoms with E-state index in [1.807, 2.05) is 30.3 Å². The fraction of sp³-hybridized carbons (Fsp3) is 0.235. The summed E-state index contributed by atoms with van der Waals surface area (Å²) in [5.41, 5.74) is 0.488. The molecule has 21 heavy (non-hydrogen) atoms. The normalized spacial score (nSPS) is 11.9. The molecule has 3 nitrogen and oxygen atoms in total. The minimum atomic E-state index is -0.944. The van der Waals surface area contributed by atoms with Crippen LogP contribution in [0.2, 0.25) is 0 Å². The summed E-state index contributed by atoms with van der Waals surface area (Å²) < 4.78 is 18.7. The highest BCUT2D eigenvalue weighted by atomic mass is 19.1. The number of aliphatic carboxylic acids is 1. The van der Waals surface area contributed by atoms with E-state index in [0.717, 1.165) is 5.75 Å². The standard InChI is InChI=1S/C17H17FO3/c18-14-7-4-6-13(12-14)16(17(19)20)10-5-11-21-15-8-2-1-3-9-15/h1-4,6-9,12,16H,5,10-11H2,(H,19,20). The molecule has 0 heterocycles. The zero-order valence-corrected chi connectivity index (χ0v) is 11.5.